The molecular formula is C20H19NO5. The SMILES string of the molecule is COc1ccc2c(c1OC)C(=O)N1CCc3cc4c(cc3[C@H]1C2)OCO4. The van der Waals surface area contributed by atoms with Crippen LogP contribution in [0.1, 0.15) is 33.1 Å². The summed E-state index contributed by atoms with van der Waals surface area (Å²) in [4.78, 5) is 15.2. The predicted molar refractivity (Wildman–Crippen MR) is 93.3 cm³/mol. The first kappa shape index (κ1) is 15.4. The summed E-state index contributed by atoms with van der Waals surface area (Å²) in [6.07, 6.45) is 1.55. The molecule has 0 fully saturated rings. The average molecular weight is 353 g/mol. The van der Waals surface area contributed by atoms with Crippen molar-refractivity contribution >= 4 is 5.91 Å². The number of carbonyl (C=O) groups is 1. The Morgan fingerprint density at radius 2 is 1.88 bits per heavy atom. The Morgan fingerprint density at radius 1 is 1.08 bits per heavy atom. The van der Waals surface area contributed by atoms with E-state index in [9.17, 15) is 4.79 Å². The van der Waals surface area contributed by atoms with Crippen molar-refractivity contribution < 1.29 is 23.7 Å². The molecule has 2 aromatic carbocycles. The van der Waals surface area contributed by atoms with Gasteiger partial charge in [-0.25, -0.2) is 0 Å². The Morgan fingerprint density at radius 3 is 2.65 bits per heavy atom. The standard InChI is InChI=1S/C20H19NO5/c1-23-15-4-3-12-7-14-13-9-17-16(25-10-26-17)8-11(13)5-6-21(14)20(22)18(12)19(15)24-2/h3-4,8-9,14H,5-7,10H2,1-2H3/t14-/m1/s1. The van der Waals surface area contributed by atoms with Crippen molar-refractivity contribution in [1.29, 1.82) is 0 Å². The van der Waals surface area contributed by atoms with E-state index in [2.05, 4.69) is 6.07 Å². The van der Waals surface area contributed by atoms with Crippen molar-refractivity contribution in [3.8, 4) is 23.0 Å². The van der Waals surface area contributed by atoms with Crippen molar-refractivity contribution in [2.24, 2.45) is 0 Å². The molecule has 0 spiro atoms. The van der Waals surface area contributed by atoms with Gasteiger partial charge < -0.3 is 23.8 Å². The van der Waals surface area contributed by atoms with E-state index in [4.69, 9.17) is 18.9 Å². The molecule has 3 aliphatic heterocycles. The number of fused-ring (bicyclic) bond motifs is 5. The van der Waals surface area contributed by atoms with E-state index < -0.39 is 0 Å². The Kier molecular flexibility index (Phi) is 3.29. The van der Waals surface area contributed by atoms with Crippen molar-refractivity contribution in [3.63, 3.8) is 0 Å². The number of carbonyl (C=O) groups excluding carboxylic acids is 1. The lowest BCUT2D eigenvalue weighted by Gasteiger charge is -2.41. The second-order valence-corrected chi connectivity index (χ2v) is 6.71. The molecule has 0 radical (unpaired) electrons. The van der Waals surface area contributed by atoms with Gasteiger partial charge in [-0.2, -0.15) is 0 Å². The lowest BCUT2D eigenvalue weighted by Crippen LogP contribution is -2.44. The van der Waals surface area contributed by atoms with E-state index in [0.717, 1.165) is 35.5 Å². The summed E-state index contributed by atoms with van der Waals surface area (Å²) >= 11 is 0. The predicted octanol–water partition coefficient (Wildman–Crippen LogP) is 2.73. The van der Waals surface area contributed by atoms with Gasteiger partial charge in [0.25, 0.3) is 5.91 Å². The van der Waals surface area contributed by atoms with E-state index in [1.165, 1.54) is 5.56 Å². The van der Waals surface area contributed by atoms with Gasteiger partial charge in [-0.05, 0) is 47.7 Å². The second-order valence-electron chi connectivity index (χ2n) is 6.71. The number of methoxy groups -OCH3 is 2. The van der Waals surface area contributed by atoms with Gasteiger partial charge in [0.1, 0.15) is 0 Å². The van der Waals surface area contributed by atoms with E-state index in [1.54, 1.807) is 14.2 Å². The number of nitrogens with zero attached hydrogens (tertiary/aromatic N) is 1. The quantitative estimate of drug-likeness (QED) is 0.831. The highest BCUT2D eigenvalue weighted by atomic mass is 16.7. The van der Waals surface area contributed by atoms with E-state index >= 15 is 0 Å². The number of ether oxygens (including phenoxy) is 4. The first-order valence-electron chi connectivity index (χ1n) is 8.68. The minimum atomic E-state index is -0.00434. The van der Waals surface area contributed by atoms with Crippen LogP contribution < -0.4 is 18.9 Å². The van der Waals surface area contributed by atoms with Crippen molar-refractivity contribution in [3.05, 3.63) is 46.5 Å². The Balaban J connectivity index is 1.63. The van der Waals surface area contributed by atoms with Gasteiger partial charge in [0.15, 0.2) is 23.0 Å². The number of hydrogen-bond acceptors (Lipinski definition) is 5. The maximum Gasteiger partial charge on any atom is 0.258 e. The summed E-state index contributed by atoms with van der Waals surface area (Å²) < 4.78 is 21.9. The lowest BCUT2D eigenvalue weighted by molar-refractivity contribution is 0.0626. The molecule has 3 aliphatic rings. The van der Waals surface area contributed by atoms with Crippen LogP contribution in [0.15, 0.2) is 24.3 Å². The van der Waals surface area contributed by atoms with Gasteiger partial charge in [-0.15, -0.1) is 0 Å². The smallest absolute Gasteiger partial charge is 0.258 e. The molecule has 134 valence electrons. The van der Waals surface area contributed by atoms with Crippen LogP contribution in [0, 0.1) is 0 Å². The molecule has 0 saturated heterocycles. The third-order valence-corrected chi connectivity index (χ3v) is 5.51. The molecule has 6 nitrogen and oxygen atoms in total. The molecule has 26 heavy (non-hydrogen) atoms. The Bertz CT molecular complexity index is 923. The highest BCUT2D eigenvalue weighted by molar-refractivity contribution is 6.01. The number of hydrogen-bond donors (Lipinski definition) is 0. The van der Waals surface area contributed by atoms with E-state index in [-0.39, 0.29) is 18.7 Å². The van der Waals surface area contributed by atoms with Gasteiger partial charge >= 0.3 is 0 Å². The minimum absolute atomic E-state index is 0.00434. The van der Waals surface area contributed by atoms with Gasteiger partial charge in [0, 0.05) is 6.54 Å². The molecule has 0 bridgehead atoms. The zero-order valence-corrected chi connectivity index (χ0v) is 14.7. The van der Waals surface area contributed by atoms with Crippen LogP contribution in [-0.2, 0) is 12.8 Å². The van der Waals surface area contributed by atoms with Crippen LogP contribution in [0.3, 0.4) is 0 Å². The van der Waals surface area contributed by atoms with E-state index in [0.29, 0.717) is 23.6 Å². The maximum atomic E-state index is 13.3. The molecule has 3 heterocycles. The topological polar surface area (TPSA) is 57.2 Å². The summed E-state index contributed by atoms with van der Waals surface area (Å²) in [6.45, 7) is 0.932. The normalized spacial score (nSPS) is 19.5. The van der Waals surface area contributed by atoms with Gasteiger partial charge in [0.05, 0.1) is 25.8 Å². The Labute approximate surface area is 151 Å². The minimum Gasteiger partial charge on any atom is -0.493 e. The lowest BCUT2D eigenvalue weighted by atomic mass is 9.83. The first-order chi connectivity index (χ1) is 12.7. The van der Waals surface area contributed by atoms with Crippen LogP contribution in [0.2, 0.25) is 0 Å². The Hall–Kier alpha value is -2.89. The molecule has 0 saturated carbocycles. The fourth-order valence-corrected chi connectivity index (χ4v) is 4.28. The highest BCUT2D eigenvalue weighted by Gasteiger charge is 2.40. The van der Waals surface area contributed by atoms with Gasteiger partial charge in [-0.3, -0.25) is 4.79 Å². The molecule has 2 aromatic rings. The molecule has 0 N–H and O–H groups in total. The summed E-state index contributed by atoms with van der Waals surface area (Å²) in [6, 6.07) is 7.93. The molecule has 5 rings (SSSR count). The van der Waals surface area contributed by atoms with Crippen molar-refractivity contribution in [2.75, 3.05) is 27.6 Å². The first-order valence-corrected chi connectivity index (χ1v) is 8.68. The molecule has 1 amide bonds. The van der Waals surface area contributed by atoms with Crippen molar-refractivity contribution in [1.82, 2.24) is 4.90 Å². The number of benzene rings is 2. The third-order valence-electron chi connectivity index (χ3n) is 5.51. The zero-order valence-electron chi connectivity index (χ0n) is 14.7. The van der Waals surface area contributed by atoms with Crippen LogP contribution in [0.25, 0.3) is 0 Å². The molecule has 0 aromatic heterocycles. The van der Waals surface area contributed by atoms with Crippen molar-refractivity contribution in [2.45, 2.75) is 18.9 Å². The van der Waals surface area contributed by atoms with Crippen LogP contribution in [0.5, 0.6) is 23.0 Å². The molecule has 1 atom stereocenters. The summed E-state index contributed by atoms with van der Waals surface area (Å²) in [5, 5.41) is 0. The van der Waals surface area contributed by atoms with Gasteiger partial charge in [-0.1, -0.05) is 6.07 Å². The van der Waals surface area contributed by atoms with E-state index in [1.807, 2.05) is 23.1 Å². The summed E-state index contributed by atoms with van der Waals surface area (Å²) in [7, 11) is 3.16. The van der Waals surface area contributed by atoms with Crippen LogP contribution in [0.4, 0.5) is 0 Å². The fraction of sp³-hybridized carbons (Fsp3) is 0.350. The molecule has 6 heteroatoms. The third kappa shape index (κ3) is 2.01. The van der Waals surface area contributed by atoms with Gasteiger partial charge in [0.2, 0.25) is 6.79 Å². The average Bonchev–Trinajstić information content (AvgIpc) is 3.12. The van der Waals surface area contributed by atoms with Crippen LogP contribution in [-0.4, -0.2) is 38.4 Å². The summed E-state index contributed by atoms with van der Waals surface area (Å²) in [5.41, 5.74) is 3.98. The largest absolute Gasteiger partial charge is 0.493 e. The number of amides is 1. The molecular weight excluding hydrogens is 334 g/mol. The zero-order chi connectivity index (χ0) is 17.8. The maximum absolute atomic E-state index is 13.3. The monoisotopic (exact) mass is 353 g/mol. The second kappa shape index (κ2) is 5.56. The molecule has 0 aliphatic carbocycles. The molecule has 0 unspecified atom stereocenters. The fourth-order valence-electron chi connectivity index (χ4n) is 4.28. The van der Waals surface area contributed by atoms with Crippen LogP contribution >= 0.6 is 0 Å². The number of rotatable bonds is 2. The highest BCUT2D eigenvalue weighted by Crippen LogP contribution is 2.46. The summed E-state index contributed by atoms with van der Waals surface area (Å²) in [5.74, 6) is 2.65.